The van der Waals surface area contributed by atoms with E-state index in [1.165, 1.54) is 4.76 Å². The number of hydrogen-bond acceptors (Lipinski definition) is 2. The molecule has 1 rings (SSSR count). The number of hydrogen-bond donors (Lipinski definition) is 0. The van der Waals surface area contributed by atoms with E-state index >= 15 is 0 Å². The van der Waals surface area contributed by atoms with Gasteiger partial charge in [0.1, 0.15) is 0 Å². The molecular formula is C10H20ClNO2. The lowest BCUT2D eigenvalue weighted by molar-refractivity contribution is -0.695. The van der Waals surface area contributed by atoms with Gasteiger partial charge in [0.25, 0.3) is 0 Å². The molecule has 0 N–H and O–H groups in total. The lowest BCUT2D eigenvalue weighted by atomic mass is 9.80. The van der Waals surface area contributed by atoms with Crippen molar-refractivity contribution in [2.24, 2.45) is 0 Å². The van der Waals surface area contributed by atoms with Gasteiger partial charge in [-0.3, -0.25) is 0 Å². The molecule has 1 aliphatic heterocycles. The van der Waals surface area contributed by atoms with Gasteiger partial charge in [0.2, 0.25) is 11.1 Å². The lowest BCUT2D eigenvalue weighted by Gasteiger charge is -2.35. The second-order valence-corrected chi connectivity index (χ2v) is 5.19. The zero-order valence-electron chi connectivity index (χ0n) is 9.63. The molecular weight excluding hydrogens is 202 g/mol. The predicted octanol–water partition coefficient (Wildman–Crippen LogP) is -0.865. The molecule has 0 atom stereocenters. The minimum Gasteiger partial charge on any atom is -1.00 e. The van der Waals surface area contributed by atoms with Gasteiger partial charge in [-0.05, 0) is 0 Å². The summed E-state index contributed by atoms with van der Waals surface area (Å²) in [4.78, 5) is 11.9. The molecule has 1 aliphatic rings. The van der Waals surface area contributed by atoms with Crippen molar-refractivity contribution in [2.45, 2.75) is 57.7 Å². The first-order valence-electron chi connectivity index (χ1n) is 4.80. The standard InChI is InChI=1S/C10H20NO2.ClH/c1-9(2)6-8(13-5)7-10(3,4)11(9)12;/h8H,6-7H2,1-5H3;1H/q+1;/p-1. The van der Waals surface area contributed by atoms with Crippen LogP contribution in [0.2, 0.25) is 0 Å². The number of nitroso groups, excluding NO2 is 1. The quantitative estimate of drug-likeness (QED) is 0.539. The maximum absolute atomic E-state index is 11.9. The third-order valence-corrected chi connectivity index (χ3v) is 2.89. The highest BCUT2D eigenvalue weighted by Crippen LogP contribution is 2.35. The van der Waals surface area contributed by atoms with Gasteiger partial charge in [0.15, 0.2) is 0 Å². The Balaban J connectivity index is 0.00000169. The predicted molar refractivity (Wildman–Crippen MR) is 51.8 cm³/mol. The minimum absolute atomic E-state index is 0. The average molecular weight is 222 g/mol. The first-order valence-corrected chi connectivity index (χ1v) is 4.80. The van der Waals surface area contributed by atoms with Crippen LogP contribution in [0.3, 0.4) is 0 Å². The van der Waals surface area contributed by atoms with Crippen LogP contribution in [0.1, 0.15) is 40.5 Å². The van der Waals surface area contributed by atoms with Crippen molar-refractivity contribution in [3.05, 3.63) is 4.91 Å². The molecule has 0 aromatic carbocycles. The Morgan fingerprint density at radius 2 is 1.50 bits per heavy atom. The summed E-state index contributed by atoms with van der Waals surface area (Å²) in [7, 11) is 1.72. The van der Waals surface area contributed by atoms with Crippen molar-refractivity contribution in [2.75, 3.05) is 7.11 Å². The summed E-state index contributed by atoms with van der Waals surface area (Å²) in [6.07, 6.45) is 1.85. The topological polar surface area (TPSA) is 29.3 Å². The van der Waals surface area contributed by atoms with Crippen LogP contribution in [0.5, 0.6) is 0 Å². The lowest BCUT2D eigenvalue weighted by Crippen LogP contribution is -3.00. The second kappa shape index (κ2) is 4.15. The monoisotopic (exact) mass is 221 g/mol. The molecule has 3 nitrogen and oxygen atoms in total. The van der Waals surface area contributed by atoms with Crippen molar-refractivity contribution in [1.29, 1.82) is 0 Å². The van der Waals surface area contributed by atoms with Gasteiger partial charge in [-0.25, -0.2) is 0 Å². The highest BCUT2D eigenvalue weighted by atomic mass is 35.5. The fraction of sp³-hybridized carbons (Fsp3) is 1.00. The van der Waals surface area contributed by atoms with E-state index in [9.17, 15) is 4.91 Å². The van der Waals surface area contributed by atoms with Gasteiger partial charge >= 0.3 is 0 Å². The molecule has 1 fully saturated rings. The van der Waals surface area contributed by atoms with Crippen molar-refractivity contribution in [1.82, 2.24) is 0 Å². The van der Waals surface area contributed by atoms with E-state index in [4.69, 9.17) is 4.74 Å². The van der Waals surface area contributed by atoms with E-state index in [1.807, 2.05) is 27.7 Å². The van der Waals surface area contributed by atoms with Crippen LogP contribution in [0, 0.1) is 4.91 Å². The number of piperidine rings is 1. The van der Waals surface area contributed by atoms with E-state index in [-0.39, 0.29) is 29.6 Å². The molecule has 0 radical (unpaired) electrons. The zero-order valence-corrected chi connectivity index (χ0v) is 10.4. The number of nitrogens with zero attached hydrogens (tertiary/aromatic N) is 1. The first kappa shape index (κ1) is 13.8. The van der Waals surface area contributed by atoms with Crippen LogP contribution >= 0.6 is 0 Å². The normalized spacial score (nSPS) is 25.6. The largest absolute Gasteiger partial charge is 1.00 e. The maximum Gasteiger partial charge on any atom is 0.208 e. The summed E-state index contributed by atoms with van der Waals surface area (Å²) >= 11 is 0. The molecule has 84 valence electrons. The van der Waals surface area contributed by atoms with Crippen LogP contribution in [-0.2, 0) is 4.74 Å². The van der Waals surface area contributed by atoms with E-state index in [2.05, 4.69) is 0 Å². The Kier molecular flexibility index (Phi) is 4.11. The van der Waals surface area contributed by atoms with Crippen molar-refractivity contribution >= 4 is 0 Å². The molecule has 1 heterocycles. The van der Waals surface area contributed by atoms with E-state index in [0.29, 0.717) is 0 Å². The third-order valence-electron chi connectivity index (χ3n) is 2.89. The molecule has 4 heteroatoms. The van der Waals surface area contributed by atoms with Crippen LogP contribution in [-0.4, -0.2) is 29.1 Å². The Hall–Kier alpha value is -0.150. The van der Waals surface area contributed by atoms with Crippen LogP contribution in [0.15, 0.2) is 0 Å². The smallest absolute Gasteiger partial charge is 0.208 e. The number of methoxy groups -OCH3 is 1. The summed E-state index contributed by atoms with van der Waals surface area (Å²) in [5.41, 5.74) is -0.606. The molecule has 0 spiro atoms. The van der Waals surface area contributed by atoms with Crippen LogP contribution < -0.4 is 12.4 Å². The van der Waals surface area contributed by atoms with Gasteiger partial charge < -0.3 is 17.1 Å². The van der Waals surface area contributed by atoms with E-state index in [1.54, 1.807) is 7.11 Å². The molecule has 0 aromatic heterocycles. The fourth-order valence-corrected chi connectivity index (χ4v) is 2.34. The van der Waals surface area contributed by atoms with Crippen LogP contribution in [0.4, 0.5) is 0 Å². The molecule has 1 saturated heterocycles. The highest BCUT2D eigenvalue weighted by molar-refractivity contribution is 4.86. The Bertz CT molecular complexity index is 206. The SMILES string of the molecule is COC1CC(C)(C)[N+](=O)C(C)(C)C1.[Cl-]. The molecule has 0 bridgehead atoms. The zero-order chi connectivity index (χ0) is 10.3. The third kappa shape index (κ3) is 2.45. The Morgan fingerprint density at radius 1 is 1.14 bits per heavy atom. The summed E-state index contributed by atoms with van der Waals surface area (Å²) in [5, 5.41) is 0. The highest BCUT2D eigenvalue weighted by Gasteiger charge is 2.53. The van der Waals surface area contributed by atoms with Crippen molar-refractivity contribution in [3.63, 3.8) is 0 Å². The molecule has 0 aliphatic carbocycles. The van der Waals surface area contributed by atoms with E-state index in [0.717, 1.165) is 12.8 Å². The van der Waals surface area contributed by atoms with Gasteiger partial charge in [-0.2, -0.15) is 0 Å². The molecule has 0 amide bonds. The Labute approximate surface area is 92.2 Å². The van der Waals surface area contributed by atoms with Gasteiger partial charge in [-0.1, -0.05) is 0 Å². The number of rotatable bonds is 1. The van der Waals surface area contributed by atoms with Gasteiger partial charge in [0, 0.05) is 57.3 Å². The summed E-state index contributed by atoms with van der Waals surface area (Å²) < 4.78 is 6.56. The number of ether oxygens (including phenoxy) is 1. The fourth-order valence-electron chi connectivity index (χ4n) is 2.34. The summed E-state index contributed by atoms with van der Waals surface area (Å²) in [6.45, 7) is 7.92. The minimum atomic E-state index is -0.303. The van der Waals surface area contributed by atoms with E-state index < -0.39 is 0 Å². The molecule has 14 heavy (non-hydrogen) atoms. The molecule has 0 unspecified atom stereocenters. The van der Waals surface area contributed by atoms with Gasteiger partial charge in [0.05, 0.1) is 6.10 Å². The van der Waals surface area contributed by atoms with Crippen molar-refractivity contribution < 1.29 is 21.9 Å². The maximum atomic E-state index is 11.9. The summed E-state index contributed by atoms with van der Waals surface area (Å²) in [6, 6.07) is 0. The van der Waals surface area contributed by atoms with Crippen molar-refractivity contribution in [3.8, 4) is 0 Å². The average Bonchev–Trinajstić information content (AvgIpc) is 1.99. The van der Waals surface area contributed by atoms with Crippen LogP contribution in [0.25, 0.3) is 0 Å². The Morgan fingerprint density at radius 3 is 1.79 bits per heavy atom. The van der Waals surface area contributed by atoms with Gasteiger partial charge in [-0.15, -0.1) is 0 Å². The molecule has 0 saturated carbocycles. The second-order valence-electron chi connectivity index (χ2n) is 5.19. The first-order chi connectivity index (χ1) is 5.79. The molecule has 0 aromatic rings. The summed E-state index contributed by atoms with van der Waals surface area (Å²) in [5.74, 6) is 0. The number of halogens is 1.